The van der Waals surface area contributed by atoms with E-state index >= 15 is 0 Å². The van der Waals surface area contributed by atoms with Gasteiger partial charge in [-0.25, -0.2) is 4.98 Å². The Morgan fingerprint density at radius 3 is 3.05 bits per heavy atom. The third kappa shape index (κ3) is 2.05. The molecule has 0 N–H and O–H groups in total. The zero-order valence-electron chi connectivity index (χ0n) is 10.7. The molecule has 0 aliphatic rings. The average molecular weight is 254 g/mol. The third-order valence-electron chi connectivity index (χ3n) is 3.21. The van der Waals surface area contributed by atoms with Gasteiger partial charge in [0.05, 0.1) is 12.7 Å². The minimum atomic E-state index is 0.0147. The van der Waals surface area contributed by atoms with E-state index in [-0.39, 0.29) is 5.91 Å². The number of imidazole rings is 1. The second-order valence-corrected chi connectivity index (χ2v) is 4.39. The molecule has 2 heterocycles. The Hall–Kier alpha value is -2.36. The summed E-state index contributed by atoms with van der Waals surface area (Å²) in [5.74, 6) is 0.804. The van der Waals surface area contributed by atoms with Crippen LogP contribution in [-0.2, 0) is 12.8 Å². The van der Waals surface area contributed by atoms with E-state index in [9.17, 15) is 4.79 Å². The fourth-order valence-electron chi connectivity index (χ4n) is 2.24. The van der Waals surface area contributed by atoms with Gasteiger partial charge in [-0.2, -0.15) is 0 Å². The highest BCUT2D eigenvalue weighted by Crippen LogP contribution is 2.21. The molecular formula is C15H14N2O2. The zero-order chi connectivity index (χ0) is 13.2. The summed E-state index contributed by atoms with van der Waals surface area (Å²) in [6, 6.07) is 7.73. The van der Waals surface area contributed by atoms with Crippen LogP contribution in [0.5, 0.6) is 0 Å². The van der Waals surface area contributed by atoms with Crippen molar-refractivity contribution in [2.24, 2.45) is 0 Å². The van der Waals surface area contributed by atoms with E-state index in [2.05, 4.69) is 4.98 Å². The summed E-state index contributed by atoms with van der Waals surface area (Å²) >= 11 is 0. The van der Waals surface area contributed by atoms with Crippen LogP contribution in [0.1, 0.15) is 23.1 Å². The van der Waals surface area contributed by atoms with Crippen molar-refractivity contribution in [3.05, 3.63) is 54.3 Å². The molecule has 0 saturated carbocycles. The number of aromatic nitrogens is 2. The quantitative estimate of drug-likeness (QED) is 0.721. The maximum absolute atomic E-state index is 12.3. The maximum atomic E-state index is 12.3. The number of fused-ring (bicyclic) bond motifs is 1. The van der Waals surface area contributed by atoms with Crippen LogP contribution < -0.4 is 0 Å². The number of furan rings is 1. The van der Waals surface area contributed by atoms with Gasteiger partial charge in [-0.15, -0.1) is 0 Å². The van der Waals surface area contributed by atoms with E-state index in [0.29, 0.717) is 6.42 Å². The topological polar surface area (TPSA) is 48.0 Å². The Morgan fingerprint density at radius 2 is 2.21 bits per heavy atom. The van der Waals surface area contributed by atoms with Crippen LogP contribution in [0, 0.1) is 0 Å². The van der Waals surface area contributed by atoms with E-state index in [4.69, 9.17) is 4.42 Å². The lowest BCUT2D eigenvalue weighted by molar-refractivity contribution is 0.0910. The number of carbonyl (C=O) groups excluding carboxylic acids is 1. The highest BCUT2D eigenvalue weighted by molar-refractivity contribution is 5.88. The first-order valence-corrected chi connectivity index (χ1v) is 6.30. The van der Waals surface area contributed by atoms with Crippen molar-refractivity contribution in [2.45, 2.75) is 19.8 Å². The van der Waals surface area contributed by atoms with Gasteiger partial charge >= 0.3 is 0 Å². The summed E-state index contributed by atoms with van der Waals surface area (Å²) in [5, 5.41) is 0.994. The molecule has 4 nitrogen and oxygen atoms in total. The van der Waals surface area contributed by atoms with Crippen LogP contribution in [0.25, 0.3) is 11.0 Å². The van der Waals surface area contributed by atoms with Crippen LogP contribution in [0.4, 0.5) is 0 Å². The molecule has 4 heteroatoms. The van der Waals surface area contributed by atoms with Crippen molar-refractivity contribution in [3.8, 4) is 0 Å². The van der Waals surface area contributed by atoms with Crippen LogP contribution in [0.15, 0.2) is 47.3 Å². The number of benzene rings is 1. The Kier molecular flexibility index (Phi) is 2.91. The second kappa shape index (κ2) is 4.72. The van der Waals surface area contributed by atoms with Crippen molar-refractivity contribution in [3.63, 3.8) is 0 Å². The number of hydrogen-bond acceptors (Lipinski definition) is 3. The molecule has 3 rings (SSSR count). The Morgan fingerprint density at radius 1 is 1.37 bits per heavy atom. The molecule has 2 aromatic heterocycles. The lowest BCUT2D eigenvalue weighted by atomic mass is 10.1. The minimum Gasteiger partial charge on any atom is -0.464 e. The molecule has 0 bridgehead atoms. The van der Waals surface area contributed by atoms with Gasteiger partial charge in [-0.3, -0.25) is 9.36 Å². The first kappa shape index (κ1) is 11.7. The van der Waals surface area contributed by atoms with Crippen LogP contribution >= 0.6 is 0 Å². The fourth-order valence-corrected chi connectivity index (χ4v) is 2.24. The maximum Gasteiger partial charge on any atom is 0.236 e. The van der Waals surface area contributed by atoms with Crippen LogP contribution in [0.3, 0.4) is 0 Å². The average Bonchev–Trinajstić information content (AvgIpc) is 3.05. The highest BCUT2D eigenvalue weighted by atomic mass is 16.3. The van der Waals surface area contributed by atoms with Gasteiger partial charge < -0.3 is 4.42 Å². The molecule has 19 heavy (non-hydrogen) atoms. The normalized spacial score (nSPS) is 11.0. The van der Waals surface area contributed by atoms with E-state index < -0.39 is 0 Å². The number of carbonyl (C=O) groups is 1. The standard InChI is InChI=1S/C15H14N2O2/c1-2-14-16-7-8-17(14)15(18)9-11-10-19-13-6-4-3-5-12(11)13/h3-8,10H,2,9H2,1H3. The largest absolute Gasteiger partial charge is 0.464 e. The molecule has 0 fully saturated rings. The van der Waals surface area contributed by atoms with Gasteiger partial charge in [-0.1, -0.05) is 25.1 Å². The molecule has 0 unspecified atom stereocenters. The van der Waals surface area contributed by atoms with Gasteiger partial charge in [0.15, 0.2) is 0 Å². The minimum absolute atomic E-state index is 0.0147. The van der Waals surface area contributed by atoms with Crippen molar-refractivity contribution in [2.75, 3.05) is 0 Å². The van der Waals surface area contributed by atoms with Gasteiger partial charge in [0.2, 0.25) is 5.91 Å². The Labute approximate surface area is 110 Å². The molecule has 0 aliphatic heterocycles. The first-order chi connectivity index (χ1) is 9.29. The van der Waals surface area contributed by atoms with Crippen molar-refractivity contribution in [1.82, 2.24) is 9.55 Å². The van der Waals surface area contributed by atoms with Crippen molar-refractivity contribution in [1.29, 1.82) is 0 Å². The molecule has 0 aliphatic carbocycles. The first-order valence-electron chi connectivity index (χ1n) is 6.30. The van der Waals surface area contributed by atoms with Crippen molar-refractivity contribution >= 4 is 16.9 Å². The molecule has 0 atom stereocenters. The number of para-hydroxylation sites is 1. The smallest absolute Gasteiger partial charge is 0.236 e. The third-order valence-corrected chi connectivity index (χ3v) is 3.21. The summed E-state index contributed by atoms with van der Waals surface area (Å²) in [7, 11) is 0. The molecule has 3 aromatic rings. The number of aryl methyl sites for hydroxylation is 1. The summed E-state index contributed by atoms with van der Waals surface area (Å²) < 4.78 is 7.06. The molecule has 0 spiro atoms. The lowest BCUT2D eigenvalue weighted by Crippen LogP contribution is -2.15. The molecular weight excluding hydrogens is 240 g/mol. The SMILES string of the molecule is CCc1nccn1C(=O)Cc1coc2ccccc12. The summed E-state index contributed by atoms with van der Waals surface area (Å²) in [6.45, 7) is 1.99. The van der Waals surface area contributed by atoms with Gasteiger partial charge in [0.25, 0.3) is 0 Å². The molecule has 0 radical (unpaired) electrons. The molecule has 0 amide bonds. The highest BCUT2D eigenvalue weighted by Gasteiger charge is 2.13. The van der Waals surface area contributed by atoms with Gasteiger partial charge in [0.1, 0.15) is 11.4 Å². The van der Waals surface area contributed by atoms with Gasteiger partial charge in [0, 0.05) is 29.8 Å². The fraction of sp³-hybridized carbons (Fsp3) is 0.200. The summed E-state index contributed by atoms with van der Waals surface area (Å²) in [4.78, 5) is 16.4. The number of rotatable bonds is 3. The molecule has 96 valence electrons. The Bertz CT molecular complexity index is 724. The van der Waals surface area contributed by atoms with E-state index in [1.807, 2.05) is 31.2 Å². The van der Waals surface area contributed by atoms with Gasteiger partial charge in [-0.05, 0) is 6.07 Å². The zero-order valence-corrected chi connectivity index (χ0v) is 10.7. The number of hydrogen-bond donors (Lipinski definition) is 0. The van der Waals surface area contributed by atoms with Crippen molar-refractivity contribution < 1.29 is 9.21 Å². The predicted molar refractivity (Wildman–Crippen MR) is 72.1 cm³/mol. The summed E-state index contributed by atoms with van der Waals surface area (Å²) in [6.07, 6.45) is 6.09. The monoisotopic (exact) mass is 254 g/mol. The van der Waals surface area contributed by atoms with E-state index in [1.165, 1.54) is 0 Å². The summed E-state index contributed by atoms with van der Waals surface area (Å²) in [5.41, 5.74) is 1.72. The molecule has 0 saturated heterocycles. The van der Waals surface area contributed by atoms with E-state index in [1.54, 1.807) is 23.2 Å². The predicted octanol–water partition coefficient (Wildman–Crippen LogP) is 3.07. The number of nitrogens with zero attached hydrogens (tertiary/aromatic N) is 2. The van der Waals surface area contributed by atoms with E-state index in [0.717, 1.165) is 28.8 Å². The van der Waals surface area contributed by atoms with Crippen LogP contribution in [0.2, 0.25) is 0 Å². The van der Waals surface area contributed by atoms with Crippen LogP contribution in [-0.4, -0.2) is 15.5 Å². The second-order valence-electron chi connectivity index (χ2n) is 4.39. The molecule has 1 aromatic carbocycles. The Balaban J connectivity index is 1.91. The lowest BCUT2D eigenvalue weighted by Gasteiger charge is -2.03.